The van der Waals surface area contributed by atoms with E-state index in [1.165, 1.54) is 17.7 Å². The maximum absolute atomic E-state index is 2.40. The summed E-state index contributed by atoms with van der Waals surface area (Å²) in [5, 5.41) is 0.760. The van der Waals surface area contributed by atoms with Crippen LogP contribution in [0.5, 0.6) is 0 Å². The summed E-state index contributed by atoms with van der Waals surface area (Å²) in [6.07, 6.45) is 4.90. The molecule has 2 rings (SSSR count). The maximum atomic E-state index is 2.40. The van der Waals surface area contributed by atoms with E-state index in [4.69, 9.17) is 0 Å². The first kappa shape index (κ1) is 10.8. The summed E-state index contributed by atoms with van der Waals surface area (Å²) in [6, 6.07) is 10.7. The normalized spacial score (nSPS) is 26.1. The van der Waals surface area contributed by atoms with Crippen LogP contribution in [0.1, 0.15) is 26.7 Å². The minimum Gasteiger partial charge on any atom is -0.122 e. The van der Waals surface area contributed by atoms with Crippen LogP contribution >= 0.6 is 11.8 Å². The highest BCUT2D eigenvalue weighted by atomic mass is 32.2. The van der Waals surface area contributed by atoms with Gasteiger partial charge >= 0.3 is 0 Å². The lowest BCUT2D eigenvalue weighted by Gasteiger charge is -2.27. The zero-order valence-electron chi connectivity index (χ0n) is 9.44. The maximum Gasteiger partial charge on any atom is 0.0158 e. The van der Waals surface area contributed by atoms with Crippen LogP contribution in [-0.4, -0.2) is 5.25 Å². The molecule has 1 aliphatic rings. The fourth-order valence-corrected chi connectivity index (χ4v) is 3.30. The molecule has 0 aliphatic heterocycles. The van der Waals surface area contributed by atoms with Crippen molar-refractivity contribution in [2.24, 2.45) is 5.92 Å². The van der Waals surface area contributed by atoms with Crippen molar-refractivity contribution in [3.8, 4) is 0 Å². The number of rotatable bonds is 2. The average molecular weight is 218 g/mol. The largest absolute Gasteiger partial charge is 0.122 e. The van der Waals surface area contributed by atoms with Gasteiger partial charge in [-0.15, -0.1) is 11.8 Å². The highest BCUT2D eigenvalue weighted by Crippen LogP contribution is 2.36. The van der Waals surface area contributed by atoms with Crippen LogP contribution in [0.4, 0.5) is 0 Å². The number of thioether (sulfide) groups is 1. The van der Waals surface area contributed by atoms with E-state index in [2.05, 4.69) is 50.3 Å². The Bertz CT molecular complexity index is 340. The Kier molecular flexibility index (Phi) is 3.53. The molecule has 0 radical (unpaired) electrons. The highest BCUT2D eigenvalue weighted by Gasteiger charge is 2.21. The summed E-state index contributed by atoms with van der Waals surface area (Å²) in [5.74, 6) is 0.806. The molecule has 0 aromatic heterocycles. The Morgan fingerprint density at radius 2 is 1.93 bits per heavy atom. The fraction of sp³-hybridized carbons (Fsp3) is 0.429. The first-order valence-corrected chi connectivity index (χ1v) is 6.51. The molecule has 0 saturated carbocycles. The molecule has 2 atom stereocenters. The van der Waals surface area contributed by atoms with Crippen molar-refractivity contribution in [3.63, 3.8) is 0 Å². The third kappa shape index (κ3) is 2.88. The topological polar surface area (TPSA) is 0 Å². The first-order valence-electron chi connectivity index (χ1n) is 5.63. The van der Waals surface area contributed by atoms with E-state index in [1.54, 1.807) is 5.57 Å². The van der Waals surface area contributed by atoms with Gasteiger partial charge < -0.3 is 0 Å². The zero-order chi connectivity index (χ0) is 10.7. The Balaban J connectivity index is 2.01. The summed E-state index contributed by atoms with van der Waals surface area (Å²) in [5.41, 5.74) is 1.56. The van der Waals surface area contributed by atoms with Gasteiger partial charge in [0.1, 0.15) is 0 Å². The van der Waals surface area contributed by atoms with Crippen molar-refractivity contribution in [1.82, 2.24) is 0 Å². The Morgan fingerprint density at radius 1 is 1.20 bits per heavy atom. The molecule has 1 aromatic carbocycles. The van der Waals surface area contributed by atoms with Crippen molar-refractivity contribution in [1.29, 1.82) is 0 Å². The molecule has 0 nitrogen and oxygen atoms in total. The summed E-state index contributed by atoms with van der Waals surface area (Å²) in [6.45, 7) is 4.62. The van der Waals surface area contributed by atoms with E-state index in [-0.39, 0.29) is 0 Å². The highest BCUT2D eigenvalue weighted by molar-refractivity contribution is 8.00. The molecule has 80 valence electrons. The van der Waals surface area contributed by atoms with Gasteiger partial charge in [0.25, 0.3) is 0 Å². The van der Waals surface area contributed by atoms with Gasteiger partial charge in [0.2, 0.25) is 0 Å². The average Bonchev–Trinajstić information content (AvgIpc) is 2.24. The smallest absolute Gasteiger partial charge is 0.0158 e. The lowest BCUT2D eigenvalue weighted by atomic mass is 9.91. The molecule has 0 fully saturated rings. The van der Waals surface area contributed by atoms with E-state index in [0.717, 1.165) is 11.2 Å². The molecule has 0 amide bonds. The number of benzene rings is 1. The molecule has 0 unspecified atom stereocenters. The number of allylic oxidation sites excluding steroid dienone is 2. The van der Waals surface area contributed by atoms with Crippen LogP contribution in [0.25, 0.3) is 0 Å². The molecule has 0 saturated heterocycles. The van der Waals surface area contributed by atoms with Gasteiger partial charge in [0, 0.05) is 10.1 Å². The van der Waals surface area contributed by atoms with Crippen LogP contribution in [0.2, 0.25) is 0 Å². The third-order valence-corrected chi connectivity index (χ3v) is 4.51. The lowest BCUT2D eigenvalue weighted by Crippen LogP contribution is -2.17. The van der Waals surface area contributed by atoms with E-state index in [9.17, 15) is 0 Å². The molecule has 1 heteroatoms. The minimum atomic E-state index is 0.760. The lowest BCUT2D eigenvalue weighted by molar-refractivity contribution is 0.525. The van der Waals surface area contributed by atoms with Gasteiger partial charge in [-0.1, -0.05) is 36.8 Å². The SMILES string of the molecule is CC1=CC[C@H](Sc2ccccc2)[C@@H](C)C1. The molecule has 0 spiro atoms. The second-order valence-corrected chi connectivity index (χ2v) is 5.75. The summed E-state index contributed by atoms with van der Waals surface area (Å²) in [7, 11) is 0. The monoisotopic (exact) mass is 218 g/mol. The van der Waals surface area contributed by atoms with E-state index in [1.807, 2.05) is 11.8 Å². The Labute approximate surface area is 96.8 Å². The van der Waals surface area contributed by atoms with Gasteiger partial charge in [-0.25, -0.2) is 0 Å². The van der Waals surface area contributed by atoms with Gasteiger partial charge in [-0.3, -0.25) is 0 Å². The molecule has 0 bridgehead atoms. The van der Waals surface area contributed by atoms with E-state index in [0.29, 0.717) is 0 Å². The Morgan fingerprint density at radius 3 is 2.60 bits per heavy atom. The molecule has 15 heavy (non-hydrogen) atoms. The van der Waals surface area contributed by atoms with Crippen molar-refractivity contribution in [2.75, 3.05) is 0 Å². The second-order valence-electron chi connectivity index (χ2n) is 4.44. The van der Waals surface area contributed by atoms with Crippen LogP contribution in [0.3, 0.4) is 0 Å². The third-order valence-electron chi connectivity index (χ3n) is 3.01. The summed E-state index contributed by atoms with van der Waals surface area (Å²) in [4.78, 5) is 1.40. The van der Waals surface area contributed by atoms with Gasteiger partial charge in [0.05, 0.1) is 0 Å². The second kappa shape index (κ2) is 4.89. The predicted molar refractivity (Wildman–Crippen MR) is 68.2 cm³/mol. The summed E-state index contributed by atoms with van der Waals surface area (Å²) < 4.78 is 0. The predicted octanol–water partition coefficient (Wildman–Crippen LogP) is 4.52. The first-order chi connectivity index (χ1) is 7.25. The Hall–Kier alpha value is -0.690. The van der Waals surface area contributed by atoms with Crippen molar-refractivity contribution in [3.05, 3.63) is 42.0 Å². The molecule has 1 aromatic rings. The number of hydrogen-bond acceptors (Lipinski definition) is 1. The van der Waals surface area contributed by atoms with Crippen molar-refractivity contribution in [2.45, 2.75) is 36.8 Å². The van der Waals surface area contributed by atoms with E-state index >= 15 is 0 Å². The summed E-state index contributed by atoms with van der Waals surface area (Å²) >= 11 is 2.03. The quantitative estimate of drug-likeness (QED) is 0.657. The molecule has 0 heterocycles. The van der Waals surface area contributed by atoms with Crippen LogP contribution in [0.15, 0.2) is 46.9 Å². The van der Waals surface area contributed by atoms with Crippen LogP contribution < -0.4 is 0 Å². The van der Waals surface area contributed by atoms with Crippen LogP contribution in [0, 0.1) is 5.92 Å². The number of hydrogen-bond donors (Lipinski definition) is 0. The van der Waals surface area contributed by atoms with Gasteiger partial charge in [0.15, 0.2) is 0 Å². The zero-order valence-corrected chi connectivity index (χ0v) is 10.3. The fourth-order valence-electron chi connectivity index (χ4n) is 2.11. The van der Waals surface area contributed by atoms with Gasteiger partial charge in [-0.2, -0.15) is 0 Å². The molecular weight excluding hydrogens is 200 g/mol. The standard InChI is InChI=1S/C14H18S/c1-11-8-9-14(12(2)10-11)15-13-6-4-3-5-7-13/h3-8,12,14H,9-10H2,1-2H3/t12-,14-/m0/s1. The van der Waals surface area contributed by atoms with Crippen LogP contribution in [-0.2, 0) is 0 Å². The molecule has 1 aliphatic carbocycles. The van der Waals surface area contributed by atoms with Crippen molar-refractivity contribution < 1.29 is 0 Å². The van der Waals surface area contributed by atoms with Gasteiger partial charge in [-0.05, 0) is 37.8 Å². The van der Waals surface area contributed by atoms with E-state index < -0.39 is 0 Å². The molecule has 0 N–H and O–H groups in total. The minimum absolute atomic E-state index is 0.760. The van der Waals surface area contributed by atoms with Crippen molar-refractivity contribution >= 4 is 11.8 Å². The molecular formula is C14H18S.